The average molecular weight is 331 g/mol. The summed E-state index contributed by atoms with van der Waals surface area (Å²) in [4.78, 5) is 17.5. The number of aromatic nitrogens is 1. The summed E-state index contributed by atoms with van der Waals surface area (Å²) in [7, 11) is -3.30. The number of hydrogen-bond donors (Lipinski definition) is 1. The van der Waals surface area contributed by atoms with E-state index in [4.69, 9.17) is 0 Å². The van der Waals surface area contributed by atoms with E-state index in [0.29, 0.717) is 19.5 Å². The summed E-state index contributed by atoms with van der Waals surface area (Å²) >= 11 is 1.63. The maximum atomic E-state index is 12.1. The zero-order valence-corrected chi connectivity index (χ0v) is 14.0. The molecule has 0 spiro atoms. The molecular weight excluding hydrogens is 310 g/mol. The van der Waals surface area contributed by atoms with Gasteiger partial charge in [0.2, 0.25) is 15.9 Å². The molecule has 1 aromatic heterocycles. The van der Waals surface area contributed by atoms with E-state index in [1.54, 1.807) is 11.3 Å². The first-order valence-electron chi connectivity index (χ1n) is 7.03. The van der Waals surface area contributed by atoms with E-state index in [1.165, 1.54) is 9.18 Å². The topological polar surface area (TPSA) is 79.4 Å². The Balaban J connectivity index is 1.78. The van der Waals surface area contributed by atoms with Gasteiger partial charge in [-0.05, 0) is 32.6 Å². The fraction of sp³-hybridized carbons (Fsp3) is 0.692. The van der Waals surface area contributed by atoms with Gasteiger partial charge in [0.1, 0.15) is 6.04 Å². The number of aryl methyl sites for hydroxylation is 2. The van der Waals surface area contributed by atoms with E-state index < -0.39 is 16.1 Å². The van der Waals surface area contributed by atoms with Crippen LogP contribution in [0.1, 0.15) is 29.8 Å². The van der Waals surface area contributed by atoms with E-state index in [0.717, 1.165) is 31.2 Å². The number of carbonyl (C=O) groups is 1. The summed E-state index contributed by atoms with van der Waals surface area (Å²) in [6.07, 6.45) is 4.22. The molecule has 0 unspecified atom stereocenters. The van der Waals surface area contributed by atoms with Crippen LogP contribution in [0.15, 0.2) is 5.51 Å². The van der Waals surface area contributed by atoms with Crippen molar-refractivity contribution in [3.8, 4) is 0 Å². The summed E-state index contributed by atoms with van der Waals surface area (Å²) < 4.78 is 24.5. The fourth-order valence-electron chi connectivity index (χ4n) is 2.54. The molecule has 1 saturated heterocycles. The SMILES string of the molecule is Cc1ncsc1CCCNC(=O)[C@@H]1CCCN1S(C)(=O)=O. The predicted molar refractivity (Wildman–Crippen MR) is 82.8 cm³/mol. The Kier molecular flexibility index (Phi) is 5.34. The molecule has 1 fully saturated rings. The maximum Gasteiger partial charge on any atom is 0.238 e. The quantitative estimate of drug-likeness (QED) is 0.786. The largest absolute Gasteiger partial charge is 0.355 e. The molecule has 0 aromatic carbocycles. The molecule has 1 aliphatic rings. The molecule has 1 atom stereocenters. The third kappa shape index (κ3) is 4.24. The Morgan fingerprint density at radius 2 is 2.33 bits per heavy atom. The second-order valence-corrected chi connectivity index (χ2v) is 8.16. The second-order valence-electron chi connectivity index (χ2n) is 5.29. The van der Waals surface area contributed by atoms with E-state index in [2.05, 4.69) is 10.3 Å². The molecule has 1 amide bonds. The van der Waals surface area contributed by atoms with Gasteiger partial charge in [0.25, 0.3) is 0 Å². The van der Waals surface area contributed by atoms with E-state index >= 15 is 0 Å². The van der Waals surface area contributed by atoms with Crippen LogP contribution in [0, 0.1) is 6.92 Å². The minimum Gasteiger partial charge on any atom is -0.355 e. The van der Waals surface area contributed by atoms with Crippen molar-refractivity contribution in [3.63, 3.8) is 0 Å². The molecule has 21 heavy (non-hydrogen) atoms. The zero-order chi connectivity index (χ0) is 15.5. The van der Waals surface area contributed by atoms with E-state index in [9.17, 15) is 13.2 Å². The van der Waals surface area contributed by atoms with Gasteiger partial charge in [0, 0.05) is 18.0 Å². The van der Waals surface area contributed by atoms with Crippen molar-refractivity contribution in [3.05, 3.63) is 16.1 Å². The number of sulfonamides is 1. The highest BCUT2D eigenvalue weighted by Gasteiger charge is 2.36. The first-order valence-corrected chi connectivity index (χ1v) is 9.76. The number of carbonyl (C=O) groups excluding carboxylic acids is 1. The Hall–Kier alpha value is -0.990. The van der Waals surface area contributed by atoms with Crippen molar-refractivity contribution in [2.45, 2.75) is 38.6 Å². The van der Waals surface area contributed by atoms with Crippen molar-refractivity contribution in [2.75, 3.05) is 19.3 Å². The van der Waals surface area contributed by atoms with Crippen molar-refractivity contribution in [1.29, 1.82) is 0 Å². The lowest BCUT2D eigenvalue weighted by atomic mass is 10.2. The van der Waals surface area contributed by atoms with Crippen LogP contribution in [0.2, 0.25) is 0 Å². The van der Waals surface area contributed by atoms with Gasteiger partial charge in [0.15, 0.2) is 0 Å². The van der Waals surface area contributed by atoms with Crippen molar-refractivity contribution < 1.29 is 13.2 Å². The predicted octanol–water partition coefficient (Wildman–Crippen LogP) is 0.924. The molecule has 1 aromatic rings. The number of amides is 1. The molecule has 0 bridgehead atoms. The molecule has 6 nitrogen and oxygen atoms in total. The number of nitrogens with zero attached hydrogens (tertiary/aromatic N) is 2. The van der Waals surface area contributed by atoms with Gasteiger partial charge in [-0.15, -0.1) is 11.3 Å². The Morgan fingerprint density at radius 1 is 1.57 bits per heavy atom. The lowest BCUT2D eigenvalue weighted by Crippen LogP contribution is -2.45. The summed E-state index contributed by atoms with van der Waals surface area (Å²) in [6.45, 7) is 2.98. The van der Waals surface area contributed by atoms with Gasteiger partial charge < -0.3 is 5.32 Å². The number of rotatable bonds is 6. The summed E-state index contributed by atoms with van der Waals surface area (Å²) in [5.74, 6) is -0.182. The van der Waals surface area contributed by atoms with Gasteiger partial charge >= 0.3 is 0 Å². The molecule has 8 heteroatoms. The lowest BCUT2D eigenvalue weighted by molar-refractivity contribution is -0.124. The monoisotopic (exact) mass is 331 g/mol. The Bertz CT molecular complexity index is 598. The fourth-order valence-corrected chi connectivity index (χ4v) is 4.49. The average Bonchev–Trinajstić information content (AvgIpc) is 3.02. The second kappa shape index (κ2) is 6.85. The smallest absolute Gasteiger partial charge is 0.238 e. The third-order valence-corrected chi connectivity index (χ3v) is 5.94. The maximum absolute atomic E-state index is 12.1. The molecule has 0 saturated carbocycles. The van der Waals surface area contributed by atoms with Gasteiger partial charge in [-0.1, -0.05) is 0 Å². The number of hydrogen-bond acceptors (Lipinski definition) is 5. The van der Waals surface area contributed by atoms with Crippen LogP contribution >= 0.6 is 11.3 Å². The van der Waals surface area contributed by atoms with Crippen LogP contribution < -0.4 is 5.32 Å². The van der Waals surface area contributed by atoms with Crippen LogP contribution in [0.25, 0.3) is 0 Å². The minimum absolute atomic E-state index is 0.182. The highest BCUT2D eigenvalue weighted by Crippen LogP contribution is 2.20. The molecular formula is C13H21N3O3S2. The normalized spacial score (nSPS) is 19.8. The number of nitrogens with one attached hydrogen (secondary N) is 1. The lowest BCUT2D eigenvalue weighted by Gasteiger charge is -2.21. The highest BCUT2D eigenvalue weighted by atomic mass is 32.2. The summed E-state index contributed by atoms with van der Waals surface area (Å²) in [6, 6.07) is -0.537. The first kappa shape index (κ1) is 16.4. The van der Waals surface area contributed by atoms with Gasteiger partial charge in [0.05, 0.1) is 17.5 Å². The van der Waals surface area contributed by atoms with Crippen LogP contribution in [0.3, 0.4) is 0 Å². The molecule has 0 aliphatic carbocycles. The van der Waals surface area contributed by atoms with Crippen molar-refractivity contribution in [1.82, 2.24) is 14.6 Å². The molecule has 0 radical (unpaired) electrons. The van der Waals surface area contributed by atoms with Crippen LogP contribution in [-0.4, -0.2) is 49.0 Å². The standard InChI is InChI=1S/C13H21N3O3S2/c1-10-12(20-9-15-10)6-3-7-14-13(17)11-5-4-8-16(11)21(2,18)19/h9,11H,3-8H2,1-2H3,(H,14,17)/t11-/m0/s1. The molecule has 118 valence electrons. The zero-order valence-electron chi connectivity index (χ0n) is 12.3. The molecule has 2 heterocycles. The third-order valence-electron chi connectivity index (χ3n) is 3.66. The first-order chi connectivity index (χ1) is 9.89. The van der Waals surface area contributed by atoms with Gasteiger partial charge in [-0.2, -0.15) is 4.31 Å². The van der Waals surface area contributed by atoms with Crippen molar-refractivity contribution in [2.24, 2.45) is 0 Å². The number of thiazole rings is 1. The van der Waals surface area contributed by atoms with E-state index in [-0.39, 0.29) is 5.91 Å². The Morgan fingerprint density at radius 3 is 2.95 bits per heavy atom. The van der Waals surface area contributed by atoms with E-state index in [1.807, 2.05) is 12.4 Å². The minimum atomic E-state index is -3.30. The molecule has 2 rings (SSSR count). The molecule has 1 aliphatic heterocycles. The van der Waals surface area contributed by atoms with Crippen molar-refractivity contribution >= 4 is 27.3 Å². The van der Waals surface area contributed by atoms with Crippen LogP contribution in [0.5, 0.6) is 0 Å². The highest BCUT2D eigenvalue weighted by molar-refractivity contribution is 7.88. The van der Waals surface area contributed by atoms with Crippen LogP contribution in [0.4, 0.5) is 0 Å². The Labute approximate surface area is 129 Å². The summed E-state index contributed by atoms with van der Waals surface area (Å²) in [5, 5.41) is 2.85. The van der Waals surface area contributed by atoms with Gasteiger partial charge in [-0.3, -0.25) is 4.79 Å². The van der Waals surface area contributed by atoms with Crippen LogP contribution in [-0.2, 0) is 21.2 Å². The molecule has 1 N–H and O–H groups in total. The summed E-state index contributed by atoms with van der Waals surface area (Å²) in [5.41, 5.74) is 2.87. The van der Waals surface area contributed by atoms with Gasteiger partial charge in [-0.25, -0.2) is 13.4 Å².